The van der Waals surface area contributed by atoms with Crippen molar-refractivity contribution in [1.82, 2.24) is 20.2 Å². The van der Waals surface area contributed by atoms with Gasteiger partial charge in [0.1, 0.15) is 12.4 Å². The summed E-state index contributed by atoms with van der Waals surface area (Å²) in [5.41, 5.74) is 2.65. The van der Waals surface area contributed by atoms with E-state index in [1.54, 1.807) is 28.9 Å². The van der Waals surface area contributed by atoms with Crippen LogP contribution in [-0.4, -0.2) is 49.6 Å². The molecule has 1 aromatic heterocycles. The number of aliphatic hydroxyl groups excluding tert-OH is 1. The van der Waals surface area contributed by atoms with Gasteiger partial charge in [-0.15, -0.1) is 5.10 Å². The molecular weight excluding hydrogens is 376 g/mol. The first-order chi connectivity index (χ1) is 13.6. The highest BCUT2D eigenvalue weighted by Gasteiger charge is 2.13. The molecule has 0 aliphatic heterocycles. The van der Waals surface area contributed by atoms with E-state index >= 15 is 0 Å². The Balaban J connectivity index is 1.52. The molecule has 1 atom stereocenters. The summed E-state index contributed by atoms with van der Waals surface area (Å²) >= 11 is 1.36. The molecule has 146 valence electrons. The van der Waals surface area contributed by atoms with Crippen LogP contribution < -0.4 is 4.74 Å². The molecule has 0 saturated heterocycles. The van der Waals surface area contributed by atoms with E-state index in [-0.39, 0.29) is 12.4 Å². The van der Waals surface area contributed by atoms with Gasteiger partial charge in [-0.2, -0.15) is 4.68 Å². The highest BCUT2D eigenvalue weighted by Crippen LogP contribution is 2.20. The number of carbonyl (C=O) groups excluding carboxylic acids is 1. The van der Waals surface area contributed by atoms with Gasteiger partial charge < -0.3 is 9.84 Å². The number of aliphatic hydroxyl groups is 1. The van der Waals surface area contributed by atoms with Crippen LogP contribution in [0, 0.1) is 6.92 Å². The van der Waals surface area contributed by atoms with Crippen LogP contribution in [0.1, 0.15) is 29.3 Å². The summed E-state index contributed by atoms with van der Waals surface area (Å²) in [5, 5.41) is 22.6. The van der Waals surface area contributed by atoms with Gasteiger partial charge in [-0.1, -0.05) is 30.8 Å². The van der Waals surface area contributed by atoms with E-state index in [9.17, 15) is 9.90 Å². The zero-order valence-electron chi connectivity index (χ0n) is 15.8. The predicted molar refractivity (Wildman–Crippen MR) is 107 cm³/mol. The minimum absolute atomic E-state index is 0.0920. The third-order valence-electron chi connectivity index (χ3n) is 4.03. The number of ether oxygens (including phenoxy) is 1. The quantitative estimate of drug-likeness (QED) is 0.437. The maximum Gasteiger partial charge on any atom is 0.214 e. The zero-order chi connectivity index (χ0) is 19.9. The highest BCUT2D eigenvalue weighted by atomic mass is 32.2. The number of hydrogen-bond donors (Lipinski definition) is 1. The first kappa shape index (κ1) is 20.0. The van der Waals surface area contributed by atoms with E-state index in [1.165, 1.54) is 11.8 Å². The van der Waals surface area contributed by atoms with E-state index < -0.39 is 6.10 Å². The summed E-state index contributed by atoms with van der Waals surface area (Å²) in [6.07, 6.45) is -0.220. The number of aromatic nitrogens is 4. The number of ketones is 1. The molecule has 7 nitrogen and oxygen atoms in total. The van der Waals surface area contributed by atoms with Gasteiger partial charge in [-0.3, -0.25) is 4.79 Å². The molecular formula is C20H22N4O3S. The Morgan fingerprint density at radius 2 is 2.04 bits per heavy atom. The average Bonchev–Trinajstić information content (AvgIpc) is 3.19. The van der Waals surface area contributed by atoms with Crippen LogP contribution in [-0.2, 0) is 0 Å². The standard InChI is InChI=1S/C20H22N4O3S/c1-3-19(26)15-7-9-18(10-8-15)27-12-17(25)13-28-20-21-22-23-24(20)16-6-4-5-14(2)11-16/h4-11,17,25H,3,12-13H2,1-2H3. The van der Waals surface area contributed by atoms with E-state index in [0.717, 1.165) is 11.3 Å². The molecule has 1 unspecified atom stereocenters. The predicted octanol–water partition coefficient (Wildman–Crippen LogP) is 3.10. The number of carbonyl (C=O) groups is 1. The fourth-order valence-corrected chi connectivity index (χ4v) is 3.34. The van der Waals surface area contributed by atoms with Crippen molar-refractivity contribution in [3.63, 3.8) is 0 Å². The fraction of sp³-hybridized carbons (Fsp3) is 0.300. The second-order valence-corrected chi connectivity index (χ2v) is 7.28. The van der Waals surface area contributed by atoms with E-state index in [0.29, 0.717) is 28.6 Å². The van der Waals surface area contributed by atoms with Crippen molar-refractivity contribution in [3.8, 4) is 11.4 Å². The first-order valence-corrected chi connectivity index (χ1v) is 9.97. The first-order valence-electron chi connectivity index (χ1n) is 8.99. The van der Waals surface area contributed by atoms with Gasteiger partial charge in [-0.05, 0) is 59.3 Å². The molecule has 1 heterocycles. The highest BCUT2D eigenvalue weighted by molar-refractivity contribution is 7.99. The lowest BCUT2D eigenvalue weighted by Gasteiger charge is -2.12. The third-order valence-corrected chi connectivity index (χ3v) is 5.10. The van der Waals surface area contributed by atoms with Crippen molar-refractivity contribution in [2.24, 2.45) is 0 Å². The van der Waals surface area contributed by atoms with Crippen molar-refractivity contribution < 1.29 is 14.6 Å². The molecule has 1 N–H and O–H groups in total. The van der Waals surface area contributed by atoms with Crippen molar-refractivity contribution >= 4 is 17.5 Å². The van der Waals surface area contributed by atoms with Crippen LogP contribution in [0.25, 0.3) is 5.69 Å². The van der Waals surface area contributed by atoms with Gasteiger partial charge in [0.2, 0.25) is 5.16 Å². The Morgan fingerprint density at radius 3 is 2.75 bits per heavy atom. The Morgan fingerprint density at radius 1 is 1.25 bits per heavy atom. The summed E-state index contributed by atoms with van der Waals surface area (Å²) in [4.78, 5) is 11.6. The molecule has 0 spiro atoms. The number of hydrogen-bond acceptors (Lipinski definition) is 7. The Labute approximate surface area is 167 Å². The molecule has 0 aliphatic rings. The molecule has 28 heavy (non-hydrogen) atoms. The summed E-state index contributed by atoms with van der Waals surface area (Å²) in [5.74, 6) is 1.09. The number of thioether (sulfide) groups is 1. The lowest BCUT2D eigenvalue weighted by atomic mass is 10.1. The summed E-state index contributed by atoms with van der Waals surface area (Å²) in [7, 11) is 0. The van der Waals surface area contributed by atoms with E-state index in [4.69, 9.17) is 4.74 Å². The maximum atomic E-state index is 11.6. The van der Waals surface area contributed by atoms with E-state index in [1.807, 2.05) is 38.1 Å². The normalized spacial score (nSPS) is 12.0. The number of benzene rings is 2. The lowest BCUT2D eigenvalue weighted by molar-refractivity contribution is 0.0987. The fourth-order valence-electron chi connectivity index (χ4n) is 2.54. The van der Waals surface area contributed by atoms with Gasteiger partial charge in [0.15, 0.2) is 5.78 Å². The SMILES string of the molecule is CCC(=O)c1ccc(OCC(O)CSc2nnnn2-c2cccc(C)c2)cc1. The lowest BCUT2D eigenvalue weighted by Crippen LogP contribution is -2.20. The van der Waals surface area contributed by atoms with Crippen LogP contribution in [0.5, 0.6) is 5.75 Å². The van der Waals surface area contributed by atoms with Gasteiger partial charge >= 0.3 is 0 Å². The third kappa shape index (κ3) is 5.17. The number of rotatable bonds is 9. The van der Waals surface area contributed by atoms with Crippen LogP contribution in [0.2, 0.25) is 0 Å². The Bertz CT molecular complexity index is 927. The van der Waals surface area contributed by atoms with Gasteiger partial charge in [0.05, 0.1) is 11.8 Å². The molecule has 2 aromatic carbocycles. The second-order valence-electron chi connectivity index (χ2n) is 6.29. The maximum absolute atomic E-state index is 11.6. The Hall–Kier alpha value is -2.71. The minimum Gasteiger partial charge on any atom is -0.491 e. The minimum atomic E-state index is -0.690. The summed E-state index contributed by atoms with van der Waals surface area (Å²) in [6.45, 7) is 3.97. The average molecular weight is 398 g/mol. The molecule has 0 fully saturated rings. The molecule has 0 amide bonds. The van der Waals surface area contributed by atoms with Crippen LogP contribution in [0.4, 0.5) is 0 Å². The molecule has 8 heteroatoms. The largest absolute Gasteiger partial charge is 0.491 e. The molecule has 0 saturated carbocycles. The molecule has 0 bridgehead atoms. The van der Waals surface area contributed by atoms with Gasteiger partial charge in [-0.25, -0.2) is 0 Å². The molecule has 3 rings (SSSR count). The Kier molecular flexibility index (Phi) is 6.78. The van der Waals surface area contributed by atoms with Crippen LogP contribution in [0.15, 0.2) is 53.7 Å². The topological polar surface area (TPSA) is 90.1 Å². The van der Waals surface area contributed by atoms with Crippen molar-refractivity contribution in [3.05, 3.63) is 59.7 Å². The van der Waals surface area contributed by atoms with Crippen molar-refractivity contribution in [2.75, 3.05) is 12.4 Å². The second kappa shape index (κ2) is 9.48. The van der Waals surface area contributed by atoms with Crippen molar-refractivity contribution in [1.29, 1.82) is 0 Å². The van der Waals surface area contributed by atoms with E-state index in [2.05, 4.69) is 15.5 Å². The van der Waals surface area contributed by atoms with Gasteiger partial charge in [0, 0.05) is 17.7 Å². The number of Topliss-reactive ketones (excluding diaryl/α,β-unsaturated/α-hetero) is 1. The number of aryl methyl sites for hydroxylation is 1. The van der Waals surface area contributed by atoms with Crippen LogP contribution in [0.3, 0.4) is 0 Å². The molecule has 0 radical (unpaired) electrons. The zero-order valence-corrected chi connectivity index (χ0v) is 16.6. The molecule has 3 aromatic rings. The summed E-state index contributed by atoms with van der Waals surface area (Å²) in [6, 6.07) is 14.8. The van der Waals surface area contributed by atoms with Gasteiger partial charge in [0.25, 0.3) is 0 Å². The molecule has 0 aliphatic carbocycles. The summed E-state index contributed by atoms with van der Waals surface area (Å²) < 4.78 is 7.25. The smallest absolute Gasteiger partial charge is 0.214 e. The van der Waals surface area contributed by atoms with Crippen molar-refractivity contribution in [2.45, 2.75) is 31.5 Å². The number of tetrazole rings is 1. The monoisotopic (exact) mass is 398 g/mol. The van der Waals surface area contributed by atoms with Crippen LogP contribution >= 0.6 is 11.8 Å². The number of nitrogens with zero attached hydrogens (tertiary/aromatic N) is 4.